The summed E-state index contributed by atoms with van der Waals surface area (Å²) in [5, 5.41) is 10.9. The molecule has 0 aliphatic heterocycles. The average molecular weight is 354 g/mol. The van der Waals surface area contributed by atoms with Crippen molar-refractivity contribution in [1.82, 2.24) is 4.57 Å². The number of halogens is 3. The molecule has 1 amide bonds. The van der Waals surface area contributed by atoms with Crippen LogP contribution in [0.4, 0.5) is 13.2 Å². The van der Waals surface area contributed by atoms with Gasteiger partial charge in [-0.1, -0.05) is 6.07 Å². The number of aromatic hydroxyl groups is 1. The number of hydrogen-bond donors (Lipinski definition) is 3. The Kier molecular flexibility index (Phi) is 4.09. The van der Waals surface area contributed by atoms with Gasteiger partial charge in [-0.2, -0.15) is 18.2 Å². The predicted octanol–water partition coefficient (Wildman–Crippen LogP) is 2.12. The lowest BCUT2D eigenvalue weighted by Gasteiger charge is -2.08. The number of rotatable bonds is 4. The zero-order valence-corrected chi connectivity index (χ0v) is 13.2. The Morgan fingerprint density at radius 3 is 2.52 bits per heavy atom. The maximum atomic E-state index is 12.9. The summed E-state index contributed by atoms with van der Waals surface area (Å²) >= 11 is 0. The molecule has 0 unspecified atom stereocenters. The molecule has 0 bridgehead atoms. The van der Waals surface area contributed by atoms with Crippen LogP contribution in [0.3, 0.4) is 0 Å². The second-order valence-corrected chi connectivity index (χ2v) is 6.19. The second kappa shape index (κ2) is 5.98. The number of benzene rings is 1. The molecule has 134 valence electrons. The molecule has 2 aromatic rings. The normalized spacial score (nSPS) is 14.7. The van der Waals surface area contributed by atoms with E-state index in [9.17, 15) is 23.1 Å². The van der Waals surface area contributed by atoms with Crippen LogP contribution in [0.15, 0.2) is 23.2 Å². The monoisotopic (exact) mass is 354 g/mol. The summed E-state index contributed by atoms with van der Waals surface area (Å²) in [6.45, 7) is 0.437. The molecule has 1 aromatic carbocycles. The van der Waals surface area contributed by atoms with Crippen molar-refractivity contribution in [1.29, 1.82) is 0 Å². The van der Waals surface area contributed by atoms with Gasteiger partial charge < -0.3 is 21.1 Å². The van der Waals surface area contributed by atoms with Gasteiger partial charge in [-0.25, -0.2) is 0 Å². The van der Waals surface area contributed by atoms with Crippen molar-refractivity contribution in [3.05, 3.63) is 29.5 Å². The number of aliphatic imine (C=N–C) groups is 1. The summed E-state index contributed by atoms with van der Waals surface area (Å²) in [6, 6.07) is 3.08. The van der Waals surface area contributed by atoms with Crippen LogP contribution in [-0.2, 0) is 23.9 Å². The highest BCUT2D eigenvalue weighted by molar-refractivity contribution is 5.97. The molecule has 5 N–H and O–H groups in total. The number of nitrogens with zero attached hydrogens (tertiary/aromatic N) is 2. The number of fused-ring (bicyclic) bond motifs is 1. The Morgan fingerprint density at radius 2 is 1.96 bits per heavy atom. The van der Waals surface area contributed by atoms with Crippen LogP contribution in [0, 0.1) is 5.92 Å². The third kappa shape index (κ3) is 3.54. The van der Waals surface area contributed by atoms with Gasteiger partial charge in [-0.05, 0) is 30.9 Å². The maximum absolute atomic E-state index is 12.9. The highest BCUT2D eigenvalue weighted by atomic mass is 19.4. The molecule has 1 saturated carbocycles. The minimum atomic E-state index is -4.52. The van der Waals surface area contributed by atoms with E-state index >= 15 is 0 Å². The summed E-state index contributed by atoms with van der Waals surface area (Å²) < 4.78 is 40.3. The van der Waals surface area contributed by atoms with Crippen LogP contribution in [0.25, 0.3) is 10.8 Å². The van der Waals surface area contributed by atoms with Gasteiger partial charge in [0.1, 0.15) is 0 Å². The largest absolute Gasteiger partial charge is 0.494 e. The van der Waals surface area contributed by atoms with E-state index in [4.69, 9.17) is 11.5 Å². The number of nitrogens with two attached hydrogens (primary N) is 2. The summed E-state index contributed by atoms with van der Waals surface area (Å²) in [5.41, 5.74) is 9.92. The minimum absolute atomic E-state index is 0.0583. The Hall–Kier alpha value is -2.71. The Balaban J connectivity index is 2.11. The van der Waals surface area contributed by atoms with E-state index in [1.807, 2.05) is 0 Å². The van der Waals surface area contributed by atoms with E-state index in [-0.39, 0.29) is 17.7 Å². The van der Waals surface area contributed by atoms with Crippen molar-refractivity contribution < 1.29 is 23.1 Å². The molecule has 25 heavy (non-hydrogen) atoms. The molecule has 9 heteroatoms. The zero-order chi connectivity index (χ0) is 18.4. The molecule has 0 spiro atoms. The van der Waals surface area contributed by atoms with Crippen LogP contribution in [0.2, 0.25) is 0 Å². The molecule has 3 rings (SSSR count). The fraction of sp³-hybridized carbons (Fsp3) is 0.375. The van der Waals surface area contributed by atoms with Crippen molar-refractivity contribution >= 4 is 22.6 Å². The standard InChI is InChI=1S/C16H17F3N4O2/c17-16(18,19)9-3-4-10-11(5-9)14(25)23(7-8-1-2-8)12(10)6-13(24)22-15(20)21/h3-5,8,25H,1-2,6-7H2,(H4,20,21,22,24). The second-order valence-electron chi connectivity index (χ2n) is 6.19. The van der Waals surface area contributed by atoms with E-state index in [1.165, 1.54) is 10.6 Å². The molecule has 1 aliphatic rings. The highest BCUT2D eigenvalue weighted by Crippen LogP contribution is 2.40. The molecule has 6 nitrogen and oxygen atoms in total. The molecular weight excluding hydrogens is 337 g/mol. The van der Waals surface area contributed by atoms with E-state index in [2.05, 4.69) is 4.99 Å². The average Bonchev–Trinajstić information content (AvgIpc) is 3.28. The molecule has 0 radical (unpaired) electrons. The van der Waals surface area contributed by atoms with Crippen molar-refractivity contribution in [2.24, 2.45) is 22.4 Å². The van der Waals surface area contributed by atoms with E-state index in [0.29, 0.717) is 23.5 Å². The quantitative estimate of drug-likeness (QED) is 0.577. The van der Waals surface area contributed by atoms with E-state index in [0.717, 1.165) is 25.0 Å². The van der Waals surface area contributed by atoms with E-state index in [1.54, 1.807) is 0 Å². The molecule has 1 aromatic heterocycles. The number of carbonyl (C=O) groups is 1. The first-order valence-electron chi connectivity index (χ1n) is 7.70. The van der Waals surface area contributed by atoms with Gasteiger partial charge >= 0.3 is 6.18 Å². The van der Waals surface area contributed by atoms with Gasteiger partial charge in [0, 0.05) is 23.0 Å². The zero-order valence-electron chi connectivity index (χ0n) is 13.2. The lowest BCUT2D eigenvalue weighted by molar-refractivity contribution is -0.137. The fourth-order valence-electron chi connectivity index (χ4n) is 2.85. The van der Waals surface area contributed by atoms with E-state index < -0.39 is 23.6 Å². The summed E-state index contributed by atoms with van der Waals surface area (Å²) in [6.07, 6.45) is -2.79. The maximum Gasteiger partial charge on any atom is 0.416 e. The number of alkyl halides is 3. The number of amides is 1. The van der Waals surface area contributed by atoms with Crippen LogP contribution < -0.4 is 11.5 Å². The van der Waals surface area contributed by atoms with Crippen LogP contribution in [0.1, 0.15) is 24.1 Å². The Bertz CT molecular complexity index is 862. The lowest BCUT2D eigenvalue weighted by Crippen LogP contribution is -2.24. The van der Waals surface area contributed by atoms with Crippen LogP contribution >= 0.6 is 0 Å². The summed E-state index contributed by atoms with van der Waals surface area (Å²) in [4.78, 5) is 15.4. The molecule has 0 atom stereocenters. The summed E-state index contributed by atoms with van der Waals surface area (Å²) in [7, 11) is 0. The molecule has 1 aliphatic carbocycles. The molecular formula is C16H17F3N4O2. The smallest absolute Gasteiger partial charge is 0.416 e. The number of aromatic nitrogens is 1. The number of guanidine groups is 1. The predicted molar refractivity (Wildman–Crippen MR) is 85.8 cm³/mol. The lowest BCUT2D eigenvalue weighted by atomic mass is 10.1. The van der Waals surface area contributed by atoms with Crippen LogP contribution in [-0.4, -0.2) is 21.5 Å². The number of hydrogen-bond acceptors (Lipinski definition) is 2. The number of carbonyl (C=O) groups excluding carboxylic acids is 1. The SMILES string of the molecule is NC(N)=NC(=O)Cc1c2ccc(C(F)(F)F)cc2c(O)n1CC1CC1. The highest BCUT2D eigenvalue weighted by Gasteiger charge is 2.32. The first-order valence-corrected chi connectivity index (χ1v) is 7.70. The topological polar surface area (TPSA) is 107 Å². The summed E-state index contributed by atoms with van der Waals surface area (Å²) in [5.74, 6) is -0.957. The van der Waals surface area contributed by atoms with Gasteiger partial charge in [0.2, 0.25) is 0 Å². The molecule has 0 saturated heterocycles. The van der Waals surface area contributed by atoms with Gasteiger partial charge in [-0.15, -0.1) is 0 Å². The first kappa shape index (κ1) is 17.1. The van der Waals surface area contributed by atoms with Gasteiger partial charge in [0.25, 0.3) is 5.91 Å². The Labute approximate surface area is 140 Å². The van der Waals surface area contributed by atoms with Crippen molar-refractivity contribution in [2.45, 2.75) is 32.0 Å². The first-order chi connectivity index (χ1) is 11.7. The Morgan fingerprint density at radius 1 is 1.28 bits per heavy atom. The van der Waals surface area contributed by atoms with Gasteiger partial charge in [0.05, 0.1) is 12.0 Å². The van der Waals surface area contributed by atoms with Crippen LogP contribution in [0.5, 0.6) is 5.88 Å². The minimum Gasteiger partial charge on any atom is -0.494 e. The van der Waals surface area contributed by atoms with Crippen molar-refractivity contribution in [3.63, 3.8) is 0 Å². The van der Waals surface area contributed by atoms with Crippen molar-refractivity contribution in [3.8, 4) is 5.88 Å². The molecule has 1 heterocycles. The van der Waals surface area contributed by atoms with Crippen molar-refractivity contribution in [2.75, 3.05) is 0 Å². The fourth-order valence-corrected chi connectivity index (χ4v) is 2.85. The third-order valence-corrected chi connectivity index (χ3v) is 4.19. The molecule has 1 fully saturated rings. The van der Waals surface area contributed by atoms with Gasteiger partial charge in [0.15, 0.2) is 11.8 Å². The van der Waals surface area contributed by atoms with Gasteiger partial charge in [-0.3, -0.25) is 4.79 Å². The third-order valence-electron chi connectivity index (χ3n) is 4.19.